The number of benzene rings is 2. The fourth-order valence-corrected chi connectivity index (χ4v) is 4.66. The lowest BCUT2D eigenvalue weighted by molar-refractivity contribution is -0.117. The summed E-state index contributed by atoms with van der Waals surface area (Å²) in [5.41, 5.74) is 2.31. The first-order valence-corrected chi connectivity index (χ1v) is 10.2. The van der Waals surface area contributed by atoms with Gasteiger partial charge in [-0.25, -0.2) is 9.37 Å². The van der Waals surface area contributed by atoms with Gasteiger partial charge >= 0.3 is 0 Å². The second-order valence-electron chi connectivity index (χ2n) is 7.15. The van der Waals surface area contributed by atoms with Gasteiger partial charge in [0.25, 0.3) is 5.91 Å². The molecule has 152 valence electrons. The number of nitrogens with zero attached hydrogens (tertiary/aromatic N) is 2. The van der Waals surface area contributed by atoms with E-state index in [9.17, 15) is 19.1 Å². The molecule has 7 heteroatoms. The number of aryl methyl sites for hydroxylation is 3. The zero-order valence-corrected chi connectivity index (χ0v) is 17.5. The van der Waals surface area contributed by atoms with Gasteiger partial charge in [-0.1, -0.05) is 30.3 Å². The third kappa shape index (κ3) is 3.21. The molecule has 5 nitrogen and oxygen atoms in total. The maximum Gasteiger partial charge on any atom is 0.294 e. The van der Waals surface area contributed by atoms with Gasteiger partial charge in [0.2, 0.25) is 5.78 Å². The molecule has 1 aliphatic rings. The van der Waals surface area contributed by atoms with Crippen LogP contribution in [0.3, 0.4) is 0 Å². The summed E-state index contributed by atoms with van der Waals surface area (Å²) in [6, 6.07) is 12.0. The van der Waals surface area contributed by atoms with Gasteiger partial charge in [0, 0.05) is 5.69 Å². The van der Waals surface area contributed by atoms with Crippen LogP contribution in [0, 0.1) is 26.6 Å². The Balaban J connectivity index is 1.93. The van der Waals surface area contributed by atoms with Crippen LogP contribution in [0.15, 0.2) is 59.9 Å². The van der Waals surface area contributed by atoms with Crippen LogP contribution < -0.4 is 4.90 Å². The van der Waals surface area contributed by atoms with Gasteiger partial charge in [0.15, 0.2) is 5.76 Å². The predicted octanol–water partition coefficient (Wildman–Crippen LogP) is 4.99. The second-order valence-corrected chi connectivity index (χ2v) is 8.36. The number of hydrogen-bond acceptors (Lipinski definition) is 5. The van der Waals surface area contributed by atoms with E-state index in [1.165, 1.54) is 34.4 Å². The Morgan fingerprint density at radius 2 is 1.87 bits per heavy atom. The van der Waals surface area contributed by atoms with E-state index >= 15 is 0 Å². The van der Waals surface area contributed by atoms with Gasteiger partial charge in [-0.3, -0.25) is 14.5 Å². The minimum Gasteiger partial charge on any atom is -0.503 e. The number of Topliss-reactive ketones (excluding diaryl/α,β-unsaturated/α-hetero) is 1. The molecular formula is C23H19FN2O3S. The van der Waals surface area contributed by atoms with Crippen molar-refractivity contribution in [2.75, 3.05) is 4.90 Å². The highest BCUT2D eigenvalue weighted by atomic mass is 32.1. The second kappa shape index (κ2) is 7.50. The highest BCUT2D eigenvalue weighted by molar-refractivity contribution is 7.14. The highest BCUT2D eigenvalue weighted by Gasteiger charge is 2.45. The third-order valence-corrected chi connectivity index (χ3v) is 6.20. The average molecular weight is 422 g/mol. The summed E-state index contributed by atoms with van der Waals surface area (Å²) in [4.78, 5) is 32.5. The zero-order valence-electron chi connectivity index (χ0n) is 16.6. The van der Waals surface area contributed by atoms with Crippen molar-refractivity contribution >= 4 is 28.7 Å². The molecule has 1 aromatic heterocycles. The normalized spacial score (nSPS) is 16.5. The molecule has 0 bridgehead atoms. The topological polar surface area (TPSA) is 70.5 Å². The first kappa shape index (κ1) is 20.0. The number of carbonyl (C=O) groups is 2. The number of carbonyl (C=O) groups excluding carboxylic acids is 2. The zero-order chi connectivity index (χ0) is 21.6. The van der Waals surface area contributed by atoms with Crippen molar-refractivity contribution in [3.05, 3.63) is 92.4 Å². The van der Waals surface area contributed by atoms with Crippen LogP contribution in [0.1, 0.15) is 37.5 Å². The third-order valence-electron chi connectivity index (χ3n) is 5.13. The van der Waals surface area contributed by atoms with Crippen molar-refractivity contribution in [3.8, 4) is 0 Å². The van der Waals surface area contributed by atoms with Gasteiger partial charge in [0.05, 0.1) is 27.2 Å². The molecule has 1 amide bonds. The molecule has 2 aromatic carbocycles. The Bertz CT molecular complexity index is 1210. The number of thiazole rings is 1. The van der Waals surface area contributed by atoms with Gasteiger partial charge in [-0.15, -0.1) is 11.3 Å². The summed E-state index contributed by atoms with van der Waals surface area (Å²) in [5, 5.41) is 11.5. The van der Waals surface area contributed by atoms with Crippen LogP contribution in [0.4, 0.5) is 10.1 Å². The molecule has 3 aromatic rings. The van der Waals surface area contributed by atoms with Crippen LogP contribution in [0.2, 0.25) is 0 Å². The van der Waals surface area contributed by atoms with Crippen molar-refractivity contribution in [1.29, 1.82) is 0 Å². The number of amides is 1. The molecule has 1 aliphatic heterocycles. The van der Waals surface area contributed by atoms with Crippen LogP contribution in [-0.4, -0.2) is 21.8 Å². The average Bonchev–Trinajstić information content (AvgIpc) is 3.17. The molecule has 2 heterocycles. The molecule has 0 aliphatic carbocycles. The van der Waals surface area contributed by atoms with Crippen molar-refractivity contribution in [2.24, 2.45) is 0 Å². The van der Waals surface area contributed by atoms with E-state index in [0.29, 0.717) is 16.1 Å². The van der Waals surface area contributed by atoms with E-state index in [1.54, 1.807) is 32.0 Å². The molecule has 0 saturated heterocycles. The molecule has 1 atom stereocenters. The van der Waals surface area contributed by atoms with Crippen LogP contribution in [0.5, 0.6) is 0 Å². The maximum atomic E-state index is 13.9. The van der Waals surface area contributed by atoms with Gasteiger partial charge in [-0.2, -0.15) is 0 Å². The smallest absolute Gasteiger partial charge is 0.294 e. The SMILES string of the molecule is Cc1nc(C)c(C(=O)C2=C(O)C(=O)N(c3cccc(F)c3)C2c2ccccc2C)s1. The molecular weight excluding hydrogens is 403 g/mol. The first-order valence-electron chi connectivity index (χ1n) is 9.36. The Labute approximate surface area is 177 Å². The number of aliphatic hydroxyl groups excluding tert-OH is 1. The Hall–Kier alpha value is -3.32. The molecule has 0 spiro atoms. The number of ketones is 1. The standard InChI is InChI=1S/C23H19FN2O3S/c1-12-7-4-5-10-17(12)19-18(20(27)22-13(2)25-14(3)30-22)21(28)23(29)26(19)16-9-6-8-15(24)11-16/h4-11,19,28H,1-3H3. The molecule has 0 saturated carbocycles. The Kier molecular flexibility index (Phi) is 4.99. The fraction of sp³-hybridized carbons (Fsp3) is 0.174. The summed E-state index contributed by atoms with van der Waals surface area (Å²) in [6.45, 7) is 5.38. The first-order chi connectivity index (χ1) is 14.3. The van der Waals surface area contributed by atoms with Crippen LogP contribution in [0.25, 0.3) is 0 Å². The number of anilines is 1. The van der Waals surface area contributed by atoms with Gasteiger partial charge < -0.3 is 5.11 Å². The Morgan fingerprint density at radius 1 is 1.13 bits per heavy atom. The van der Waals surface area contributed by atoms with Crippen molar-refractivity contribution in [1.82, 2.24) is 4.98 Å². The summed E-state index contributed by atoms with van der Waals surface area (Å²) in [7, 11) is 0. The molecule has 0 radical (unpaired) electrons. The van der Waals surface area contributed by atoms with Crippen LogP contribution >= 0.6 is 11.3 Å². The van der Waals surface area contributed by atoms with Crippen molar-refractivity contribution in [2.45, 2.75) is 26.8 Å². The number of rotatable bonds is 4. The molecule has 1 unspecified atom stereocenters. The lowest BCUT2D eigenvalue weighted by Gasteiger charge is -2.28. The fourth-order valence-electron chi connectivity index (χ4n) is 3.78. The maximum absolute atomic E-state index is 13.9. The number of halogens is 1. The monoisotopic (exact) mass is 422 g/mol. The largest absolute Gasteiger partial charge is 0.503 e. The molecule has 4 rings (SSSR count). The van der Waals surface area contributed by atoms with Gasteiger partial charge in [0.1, 0.15) is 5.82 Å². The lowest BCUT2D eigenvalue weighted by atomic mass is 9.92. The number of hydrogen-bond donors (Lipinski definition) is 1. The minimum absolute atomic E-state index is 0.0229. The van der Waals surface area contributed by atoms with Gasteiger partial charge in [-0.05, 0) is 50.1 Å². The summed E-state index contributed by atoms with van der Waals surface area (Å²) >= 11 is 1.22. The minimum atomic E-state index is -0.880. The summed E-state index contributed by atoms with van der Waals surface area (Å²) in [5.74, 6) is -2.33. The van der Waals surface area contributed by atoms with E-state index in [4.69, 9.17) is 0 Å². The Morgan fingerprint density at radius 3 is 2.50 bits per heavy atom. The lowest BCUT2D eigenvalue weighted by Crippen LogP contribution is -2.31. The molecule has 1 N–H and O–H groups in total. The van der Waals surface area contributed by atoms with E-state index < -0.39 is 29.3 Å². The van der Waals surface area contributed by atoms with Crippen molar-refractivity contribution < 1.29 is 19.1 Å². The highest BCUT2D eigenvalue weighted by Crippen LogP contribution is 2.43. The molecule has 30 heavy (non-hydrogen) atoms. The number of aliphatic hydroxyl groups is 1. The van der Waals surface area contributed by atoms with E-state index in [1.807, 2.05) is 19.1 Å². The summed E-state index contributed by atoms with van der Waals surface area (Å²) < 4.78 is 13.9. The molecule has 0 fully saturated rings. The number of aromatic nitrogens is 1. The quantitative estimate of drug-likeness (QED) is 0.602. The van der Waals surface area contributed by atoms with Crippen LogP contribution in [-0.2, 0) is 4.79 Å². The van der Waals surface area contributed by atoms with Crippen molar-refractivity contribution in [3.63, 3.8) is 0 Å². The summed E-state index contributed by atoms with van der Waals surface area (Å²) in [6.07, 6.45) is 0. The van der Waals surface area contributed by atoms with E-state index in [-0.39, 0.29) is 11.3 Å². The predicted molar refractivity (Wildman–Crippen MR) is 113 cm³/mol. The van der Waals surface area contributed by atoms with E-state index in [2.05, 4.69) is 4.98 Å². The van der Waals surface area contributed by atoms with E-state index in [0.717, 1.165) is 10.6 Å².